The predicted molar refractivity (Wildman–Crippen MR) is 94.6 cm³/mol. The molecule has 2 aromatic rings. The van der Waals surface area contributed by atoms with Gasteiger partial charge in [-0.25, -0.2) is 4.79 Å². The maximum Gasteiger partial charge on any atom is 0.338 e. The van der Waals surface area contributed by atoms with Crippen LogP contribution in [-0.2, 0) is 17.8 Å². The average Bonchev–Trinajstić information content (AvgIpc) is 3.25. The Hall–Kier alpha value is -2.66. The van der Waals surface area contributed by atoms with Crippen molar-refractivity contribution in [2.45, 2.75) is 19.4 Å². The minimum absolute atomic E-state index is 0.142. The lowest BCUT2D eigenvalue weighted by molar-refractivity contribution is 0.0535. The van der Waals surface area contributed by atoms with Crippen molar-refractivity contribution in [3.63, 3.8) is 0 Å². The zero-order valence-corrected chi connectivity index (χ0v) is 13.9. The molecule has 0 saturated carbocycles. The zero-order chi connectivity index (χ0) is 17.2. The van der Waals surface area contributed by atoms with Crippen molar-refractivity contribution in [3.8, 4) is 0 Å². The van der Waals surface area contributed by atoms with Crippen LogP contribution in [0.25, 0.3) is 0 Å². The first-order valence-corrected chi connectivity index (χ1v) is 8.60. The summed E-state index contributed by atoms with van der Waals surface area (Å²) in [4.78, 5) is 24.0. The molecule has 5 heteroatoms. The lowest BCUT2D eigenvalue weighted by Gasteiger charge is -2.10. The topological polar surface area (TPSA) is 67.4 Å². The van der Waals surface area contributed by atoms with Crippen LogP contribution in [0.2, 0.25) is 0 Å². The van der Waals surface area contributed by atoms with Crippen molar-refractivity contribution in [1.29, 1.82) is 0 Å². The van der Waals surface area contributed by atoms with Gasteiger partial charge in [-0.1, -0.05) is 12.1 Å². The molecule has 25 heavy (non-hydrogen) atoms. The SMILES string of the molecule is O=C(Nc1ccc2c(c1)COC2=O)c1cccc(CC2CCNC2)c1. The fraction of sp³-hybridized carbons (Fsp3) is 0.300. The normalized spacial score (nSPS) is 18.7. The van der Waals surface area contributed by atoms with Gasteiger partial charge < -0.3 is 15.4 Å². The minimum atomic E-state index is -0.304. The number of ether oxygens (including phenoxy) is 1. The molecule has 0 bridgehead atoms. The molecule has 2 N–H and O–H groups in total. The minimum Gasteiger partial charge on any atom is -0.457 e. The van der Waals surface area contributed by atoms with Crippen LogP contribution in [0.15, 0.2) is 42.5 Å². The number of carbonyl (C=O) groups is 2. The van der Waals surface area contributed by atoms with Crippen molar-refractivity contribution in [2.75, 3.05) is 18.4 Å². The quantitative estimate of drug-likeness (QED) is 0.843. The smallest absolute Gasteiger partial charge is 0.338 e. The van der Waals surface area contributed by atoms with Crippen LogP contribution in [0.1, 0.15) is 38.3 Å². The summed E-state index contributed by atoms with van der Waals surface area (Å²) >= 11 is 0. The van der Waals surface area contributed by atoms with E-state index in [0.29, 0.717) is 22.7 Å². The molecule has 2 aliphatic heterocycles. The van der Waals surface area contributed by atoms with Crippen LogP contribution in [0, 0.1) is 5.92 Å². The third-order valence-electron chi connectivity index (χ3n) is 4.82. The van der Waals surface area contributed by atoms with Gasteiger partial charge in [0.1, 0.15) is 6.61 Å². The molecule has 2 aliphatic rings. The van der Waals surface area contributed by atoms with Gasteiger partial charge >= 0.3 is 5.97 Å². The van der Waals surface area contributed by atoms with Gasteiger partial charge in [0.15, 0.2) is 0 Å². The molecule has 1 unspecified atom stereocenters. The van der Waals surface area contributed by atoms with Crippen molar-refractivity contribution >= 4 is 17.6 Å². The van der Waals surface area contributed by atoms with Gasteiger partial charge in [-0.3, -0.25) is 4.79 Å². The molecule has 2 heterocycles. The summed E-state index contributed by atoms with van der Waals surface area (Å²) in [6.45, 7) is 2.39. The Labute approximate surface area is 146 Å². The number of anilines is 1. The summed E-state index contributed by atoms with van der Waals surface area (Å²) in [5, 5.41) is 6.28. The molecule has 1 fully saturated rings. The molecular formula is C20H20N2O3. The molecule has 5 nitrogen and oxygen atoms in total. The molecule has 0 aromatic heterocycles. The summed E-state index contributed by atoms with van der Waals surface area (Å²) < 4.78 is 4.99. The van der Waals surface area contributed by atoms with E-state index < -0.39 is 0 Å². The molecule has 1 amide bonds. The summed E-state index contributed by atoms with van der Waals surface area (Å²) in [5.74, 6) is 0.200. The number of carbonyl (C=O) groups excluding carboxylic acids is 2. The number of benzene rings is 2. The second-order valence-electron chi connectivity index (χ2n) is 6.67. The Morgan fingerprint density at radius 2 is 2.16 bits per heavy atom. The van der Waals surface area contributed by atoms with Gasteiger partial charge in [0.2, 0.25) is 0 Å². The number of esters is 1. The van der Waals surface area contributed by atoms with E-state index in [0.717, 1.165) is 25.1 Å². The molecular weight excluding hydrogens is 316 g/mol. The molecule has 0 spiro atoms. The standard InChI is InChI=1S/C20H20N2O3/c23-19(22-17-4-5-18-16(10-17)12-25-20(18)24)15-3-1-2-13(9-15)8-14-6-7-21-11-14/h1-5,9-10,14,21H,6-8,11-12H2,(H,22,23). The first kappa shape index (κ1) is 15.8. The van der Waals surface area contributed by atoms with E-state index in [2.05, 4.69) is 16.7 Å². The molecule has 1 saturated heterocycles. The van der Waals surface area contributed by atoms with Crippen molar-refractivity contribution in [2.24, 2.45) is 5.92 Å². The molecule has 2 aromatic carbocycles. The van der Waals surface area contributed by atoms with E-state index in [4.69, 9.17) is 4.74 Å². The van der Waals surface area contributed by atoms with Crippen molar-refractivity contribution < 1.29 is 14.3 Å². The number of rotatable bonds is 4. The number of amides is 1. The van der Waals surface area contributed by atoms with E-state index in [-0.39, 0.29) is 18.5 Å². The number of hydrogen-bond donors (Lipinski definition) is 2. The number of fused-ring (bicyclic) bond motifs is 1. The van der Waals surface area contributed by atoms with Crippen LogP contribution >= 0.6 is 0 Å². The Morgan fingerprint density at radius 3 is 3.00 bits per heavy atom. The van der Waals surface area contributed by atoms with E-state index in [1.165, 1.54) is 12.0 Å². The first-order valence-electron chi connectivity index (χ1n) is 8.60. The van der Waals surface area contributed by atoms with Crippen LogP contribution in [0.4, 0.5) is 5.69 Å². The fourth-order valence-corrected chi connectivity index (χ4v) is 3.48. The third-order valence-corrected chi connectivity index (χ3v) is 4.82. The zero-order valence-electron chi connectivity index (χ0n) is 13.9. The third kappa shape index (κ3) is 3.42. The van der Waals surface area contributed by atoms with Crippen molar-refractivity contribution in [1.82, 2.24) is 5.32 Å². The highest BCUT2D eigenvalue weighted by Gasteiger charge is 2.21. The number of cyclic esters (lactones) is 1. The first-order chi connectivity index (χ1) is 12.2. The second kappa shape index (κ2) is 6.69. The number of hydrogen-bond acceptors (Lipinski definition) is 4. The van der Waals surface area contributed by atoms with E-state index in [1.54, 1.807) is 18.2 Å². The van der Waals surface area contributed by atoms with Crippen LogP contribution in [0.5, 0.6) is 0 Å². The van der Waals surface area contributed by atoms with E-state index in [1.807, 2.05) is 18.2 Å². The largest absolute Gasteiger partial charge is 0.457 e. The van der Waals surface area contributed by atoms with Crippen LogP contribution in [-0.4, -0.2) is 25.0 Å². The summed E-state index contributed by atoms with van der Waals surface area (Å²) in [7, 11) is 0. The number of nitrogens with one attached hydrogen (secondary N) is 2. The van der Waals surface area contributed by atoms with Gasteiger partial charge in [0.25, 0.3) is 5.91 Å². The Balaban J connectivity index is 1.46. The Kier molecular flexibility index (Phi) is 4.24. The van der Waals surface area contributed by atoms with E-state index in [9.17, 15) is 9.59 Å². The lowest BCUT2D eigenvalue weighted by atomic mass is 9.97. The van der Waals surface area contributed by atoms with Gasteiger partial charge in [-0.2, -0.15) is 0 Å². The molecule has 1 atom stereocenters. The fourth-order valence-electron chi connectivity index (χ4n) is 3.48. The van der Waals surface area contributed by atoms with Gasteiger partial charge in [0, 0.05) is 16.8 Å². The molecule has 0 radical (unpaired) electrons. The predicted octanol–water partition coefficient (Wildman–Crippen LogP) is 2.76. The summed E-state index contributed by atoms with van der Waals surface area (Å²) in [5.41, 5.74) is 3.90. The highest BCUT2D eigenvalue weighted by Crippen LogP contribution is 2.24. The molecule has 0 aliphatic carbocycles. The maximum atomic E-state index is 12.5. The van der Waals surface area contributed by atoms with Gasteiger partial charge in [-0.05, 0) is 67.7 Å². The maximum absolute atomic E-state index is 12.5. The van der Waals surface area contributed by atoms with Crippen LogP contribution in [0.3, 0.4) is 0 Å². The Morgan fingerprint density at radius 1 is 1.24 bits per heavy atom. The molecule has 128 valence electrons. The summed E-state index contributed by atoms with van der Waals surface area (Å²) in [6, 6.07) is 13.0. The molecule has 4 rings (SSSR count). The summed E-state index contributed by atoms with van der Waals surface area (Å²) in [6.07, 6.45) is 2.18. The average molecular weight is 336 g/mol. The van der Waals surface area contributed by atoms with Gasteiger partial charge in [0.05, 0.1) is 5.56 Å². The van der Waals surface area contributed by atoms with Gasteiger partial charge in [-0.15, -0.1) is 0 Å². The Bertz CT molecular complexity index is 825. The monoisotopic (exact) mass is 336 g/mol. The van der Waals surface area contributed by atoms with Crippen LogP contribution < -0.4 is 10.6 Å². The van der Waals surface area contributed by atoms with E-state index >= 15 is 0 Å². The van der Waals surface area contributed by atoms with Crippen molar-refractivity contribution in [3.05, 3.63) is 64.7 Å². The highest BCUT2D eigenvalue weighted by atomic mass is 16.5. The second-order valence-corrected chi connectivity index (χ2v) is 6.67. The highest BCUT2D eigenvalue weighted by molar-refractivity contribution is 6.04. The lowest BCUT2D eigenvalue weighted by Crippen LogP contribution is -2.14.